The van der Waals surface area contributed by atoms with Gasteiger partial charge in [-0.05, 0) is 36.4 Å². The third-order valence-electron chi connectivity index (χ3n) is 3.38. The Morgan fingerprint density at radius 1 is 1.07 bits per heavy atom. The summed E-state index contributed by atoms with van der Waals surface area (Å²) in [5.74, 6) is -4.23. The molecule has 29 heavy (non-hydrogen) atoms. The molecule has 0 radical (unpaired) electrons. The van der Waals surface area contributed by atoms with Crippen LogP contribution in [-0.4, -0.2) is 36.4 Å². The van der Waals surface area contributed by atoms with Crippen LogP contribution < -0.4 is 15.4 Å². The molecule has 7 nitrogen and oxygen atoms in total. The minimum absolute atomic E-state index is 0.391. The number of carbonyl (C=O) groups excluding carboxylic acids is 2. The zero-order valence-electron chi connectivity index (χ0n) is 14.4. The van der Waals surface area contributed by atoms with E-state index in [1.54, 1.807) is 0 Å². The average molecular weight is 443 g/mol. The van der Waals surface area contributed by atoms with Gasteiger partial charge in [-0.1, -0.05) is 0 Å². The summed E-state index contributed by atoms with van der Waals surface area (Å²) < 4.78 is 79.8. The molecular weight excluding hydrogens is 431 g/mol. The van der Waals surface area contributed by atoms with E-state index in [0.717, 1.165) is 36.6 Å². The molecule has 1 heterocycles. The first-order valence-corrected chi connectivity index (χ1v) is 7.91. The van der Waals surface area contributed by atoms with Gasteiger partial charge in [-0.15, -0.1) is 8.78 Å². The van der Waals surface area contributed by atoms with Crippen LogP contribution in [0.2, 0.25) is 0 Å². The van der Waals surface area contributed by atoms with Gasteiger partial charge < -0.3 is 24.5 Å². The summed E-state index contributed by atoms with van der Waals surface area (Å²) >= 11 is 4.60. The number of furan rings is 1. The van der Waals surface area contributed by atoms with E-state index in [9.17, 15) is 31.5 Å². The maximum absolute atomic E-state index is 13.9. The molecule has 0 saturated carbocycles. The fourth-order valence-corrected chi connectivity index (χ4v) is 2.23. The topological polar surface area (TPSA) is 89.8 Å². The lowest BCUT2D eigenvalue weighted by molar-refractivity contribution is -0.203. The van der Waals surface area contributed by atoms with E-state index >= 15 is 0 Å². The van der Waals surface area contributed by atoms with E-state index in [1.807, 2.05) is 5.32 Å². The number of amides is 1. The van der Waals surface area contributed by atoms with Crippen LogP contribution in [-0.2, 0) is 9.53 Å². The van der Waals surface area contributed by atoms with Gasteiger partial charge in [0.1, 0.15) is 5.75 Å². The van der Waals surface area contributed by atoms with Gasteiger partial charge >= 0.3 is 23.4 Å². The number of carbonyl (C=O) groups is 2. The molecule has 0 aliphatic carbocycles. The van der Waals surface area contributed by atoms with E-state index in [1.165, 1.54) is 11.4 Å². The highest BCUT2D eigenvalue weighted by Crippen LogP contribution is 2.34. The number of ether oxygens (including phenoxy) is 2. The minimum atomic E-state index is -5.39. The molecule has 0 bridgehead atoms. The van der Waals surface area contributed by atoms with Crippen molar-refractivity contribution in [2.75, 3.05) is 12.4 Å². The average Bonchev–Trinajstić information content (AvgIpc) is 3.14. The number of halogens is 6. The largest absolute Gasteiger partial charge is 0.487 e. The van der Waals surface area contributed by atoms with Crippen LogP contribution in [0.1, 0.15) is 10.6 Å². The van der Waals surface area contributed by atoms with Gasteiger partial charge in [-0.25, -0.2) is 4.79 Å². The van der Waals surface area contributed by atoms with Crippen molar-refractivity contribution in [1.82, 2.24) is 5.32 Å². The summed E-state index contributed by atoms with van der Waals surface area (Å²) in [6.45, 7) is 0. The number of hydrogen-bond acceptors (Lipinski definition) is 6. The highest BCUT2D eigenvalue weighted by atomic mass is 35.5. The Kier molecular flexibility index (Phi) is 6.26. The zero-order chi connectivity index (χ0) is 21.9. The lowest BCUT2D eigenvalue weighted by atomic mass is 10.1. The van der Waals surface area contributed by atoms with Gasteiger partial charge in [-0.2, -0.15) is 13.2 Å². The van der Waals surface area contributed by atoms with Crippen molar-refractivity contribution in [3.63, 3.8) is 0 Å². The molecular formula is C16H12ClF5N2O5. The lowest BCUT2D eigenvalue weighted by Gasteiger charge is -2.34. The van der Waals surface area contributed by atoms with Gasteiger partial charge in [0.2, 0.25) is 0 Å². The predicted molar refractivity (Wildman–Crippen MR) is 88.5 cm³/mol. The van der Waals surface area contributed by atoms with Gasteiger partial charge in [0.15, 0.2) is 5.76 Å². The number of rotatable bonds is 7. The van der Waals surface area contributed by atoms with Gasteiger partial charge in [0.05, 0.1) is 13.4 Å². The molecule has 1 aromatic carbocycles. The van der Waals surface area contributed by atoms with Crippen molar-refractivity contribution < 1.29 is 45.4 Å². The summed E-state index contributed by atoms with van der Waals surface area (Å²) in [5, 5.41) is 3.33. The highest BCUT2D eigenvalue weighted by molar-refractivity contribution is 6.20. The quantitative estimate of drug-likeness (QED) is 0.294. The molecule has 0 unspecified atom stereocenters. The predicted octanol–water partition coefficient (Wildman–Crippen LogP) is 3.72. The number of esters is 1. The first-order chi connectivity index (χ1) is 13.4. The van der Waals surface area contributed by atoms with E-state index in [-0.39, 0.29) is 0 Å². The van der Waals surface area contributed by atoms with Crippen LogP contribution in [0.4, 0.5) is 27.6 Å². The Morgan fingerprint density at radius 3 is 2.14 bits per heavy atom. The summed E-state index contributed by atoms with van der Waals surface area (Å²) in [6, 6.07) is 5.84. The number of anilines is 1. The van der Waals surface area contributed by atoms with Gasteiger partial charge in [0, 0.05) is 17.3 Å². The number of hydrogen-bond donors (Lipinski definition) is 2. The molecule has 0 aliphatic rings. The fourth-order valence-electron chi connectivity index (χ4n) is 2.14. The standard InChI is InChI=1S/C16H12ClF5N2O5/c1-27-13(26)14(15(18,19)20,24-12(25)11-3-2-8-28-11)23-9-4-6-10(7-5-9)29-16(17,21)22/h2-8,23H,1H3,(H,24,25)/t14-/m1/s1. The molecule has 0 fully saturated rings. The third-order valence-corrected chi connectivity index (χ3v) is 3.46. The van der Waals surface area contributed by atoms with E-state index in [4.69, 9.17) is 4.42 Å². The summed E-state index contributed by atoms with van der Waals surface area (Å²) in [4.78, 5) is 24.2. The number of alkyl halides is 6. The Morgan fingerprint density at radius 2 is 1.69 bits per heavy atom. The highest BCUT2D eigenvalue weighted by Gasteiger charge is 2.63. The van der Waals surface area contributed by atoms with Crippen LogP contribution in [0, 0.1) is 0 Å². The maximum atomic E-state index is 13.9. The second kappa shape index (κ2) is 8.15. The molecule has 0 saturated heterocycles. The summed E-state index contributed by atoms with van der Waals surface area (Å²) in [5.41, 5.74) is -8.14. The smallest absolute Gasteiger partial charge is 0.466 e. The van der Waals surface area contributed by atoms with Crippen molar-refractivity contribution >= 4 is 29.2 Å². The van der Waals surface area contributed by atoms with Crippen LogP contribution in [0.15, 0.2) is 47.1 Å². The minimum Gasteiger partial charge on any atom is -0.466 e. The normalized spacial score (nSPS) is 13.9. The number of benzene rings is 1. The molecule has 1 aromatic heterocycles. The summed E-state index contributed by atoms with van der Waals surface area (Å²) in [7, 11) is 0.684. The van der Waals surface area contributed by atoms with Crippen LogP contribution in [0.25, 0.3) is 0 Å². The van der Waals surface area contributed by atoms with Crippen LogP contribution in [0.5, 0.6) is 5.75 Å². The van der Waals surface area contributed by atoms with E-state index in [2.05, 4.69) is 21.1 Å². The second-order valence-corrected chi connectivity index (χ2v) is 5.81. The second-order valence-electron chi connectivity index (χ2n) is 5.37. The van der Waals surface area contributed by atoms with Crippen molar-refractivity contribution in [1.29, 1.82) is 0 Å². The van der Waals surface area contributed by atoms with Crippen molar-refractivity contribution in [2.24, 2.45) is 0 Å². The lowest BCUT2D eigenvalue weighted by Crippen LogP contribution is -2.69. The van der Waals surface area contributed by atoms with E-state index in [0.29, 0.717) is 7.11 Å². The molecule has 1 amide bonds. The molecule has 0 spiro atoms. The molecule has 2 aromatic rings. The fraction of sp³-hybridized carbons (Fsp3) is 0.250. The Hall–Kier alpha value is -3.02. The van der Waals surface area contributed by atoms with Gasteiger partial charge in [0.25, 0.3) is 5.91 Å². The number of nitrogens with one attached hydrogen (secondary N) is 2. The first-order valence-electron chi connectivity index (χ1n) is 7.53. The molecule has 1 atom stereocenters. The van der Waals surface area contributed by atoms with Crippen molar-refractivity contribution in [3.8, 4) is 5.75 Å². The molecule has 13 heteroatoms. The van der Waals surface area contributed by atoms with Crippen LogP contribution in [0.3, 0.4) is 0 Å². The Bertz CT molecular complexity index is 852. The van der Waals surface area contributed by atoms with Crippen LogP contribution >= 0.6 is 11.6 Å². The molecule has 2 N–H and O–H groups in total. The first kappa shape index (κ1) is 22.3. The van der Waals surface area contributed by atoms with E-state index < -0.39 is 46.5 Å². The molecule has 158 valence electrons. The summed E-state index contributed by atoms with van der Waals surface area (Å²) in [6.07, 6.45) is -4.35. The zero-order valence-corrected chi connectivity index (χ0v) is 15.1. The third kappa shape index (κ3) is 5.28. The molecule has 2 rings (SSSR count). The SMILES string of the molecule is COC(=O)[C@](NC(=O)c1ccco1)(Nc1ccc(OC(F)(F)Cl)cc1)C(F)(F)F. The van der Waals surface area contributed by atoms with Crippen molar-refractivity contribution in [2.45, 2.75) is 17.4 Å². The monoisotopic (exact) mass is 442 g/mol. The molecule has 0 aliphatic heterocycles. The Labute approximate surface area is 164 Å². The maximum Gasteiger partial charge on any atom is 0.487 e. The van der Waals surface area contributed by atoms with Crippen molar-refractivity contribution in [3.05, 3.63) is 48.4 Å². The van der Waals surface area contributed by atoms with Gasteiger partial charge in [-0.3, -0.25) is 4.79 Å². The number of methoxy groups -OCH3 is 1. The Balaban J connectivity index is 2.39.